The molecule has 0 aliphatic carbocycles. The summed E-state index contributed by atoms with van der Waals surface area (Å²) in [5.41, 5.74) is 6.55. The third-order valence-electron chi connectivity index (χ3n) is 7.82. The van der Waals surface area contributed by atoms with Crippen LogP contribution in [0.1, 0.15) is 47.7 Å². The first-order valence-electron chi connectivity index (χ1n) is 13.7. The van der Waals surface area contributed by atoms with Gasteiger partial charge in [0.1, 0.15) is 5.65 Å². The van der Waals surface area contributed by atoms with E-state index < -0.39 is 10.8 Å². The second kappa shape index (κ2) is 11.5. The van der Waals surface area contributed by atoms with Crippen LogP contribution in [-0.4, -0.2) is 75.3 Å². The zero-order valence-corrected chi connectivity index (χ0v) is 23.8. The van der Waals surface area contributed by atoms with Gasteiger partial charge in [0, 0.05) is 65.8 Å². The van der Waals surface area contributed by atoms with E-state index in [0.717, 1.165) is 100 Å². The van der Waals surface area contributed by atoms with E-state index in [2.05, 4.69) is 38.9 Å². The van der Waals surface area contributed by atoms with Crippen LogP contribution in [-0.2, 0) is 10.8 Å². The van der Waals surface area contributed by atoms with E-state index in [1.54, 1.807) is 0 Å². The summed E-state index contributed by atoms with van der Waals surface area (Å²) in [5, 5.41) is 2.12. The quantitative estimate of drug-likeness (QED) is 0.221. The number of fused-ring (bicyclic) bond motifs is 3. The molecule has 7 heteroatoms. The summed E-state index contributed by atoms with van der Waals surface area (Å²) in [6.07, 6.45) is 4.32. The summed E-state index contributed by atoms with van der Waals surface area (Å²) < 4.78 is 12.6. The zero-order valence-electron chi connectivity index (χ0n) is 23.0. The Hall–Kier alpha value is -2.87. The maximum absolute atomic E-state index is 13.6. The van der Waals surface area contributed by atoms with Crippen LogP contribution in [0.3, 0.4) is 0 Å². The number of benzene rings is 2. The fourth-order valence-corrected chi connectivity index (χ4v) is 6.33. The van der Waals surface area contributed by atoms with Crippen molar-refractivity contribution in [1.82, 2.24) is 19.8 Å². The van der Waals surface area contributed by atoms with Gasteiger partial charge in [-0.2, -0.15) is 0 Å². The molecule has 2 aromatic carbocycles. The van der Waals surface area contributed by atoms with E-state index in [0.29, 0.717) is 12.2 Å². The lowest BCUT2D eigenvalue weighted by Gasteiger charge is -2.32. The molecule has 1 fully saturated rings. The normalized spacial score (nSPS) is 15.9. The minimum absolute atomic E-state index is 0.181. The molecule has 1 unspecified atom stereocenters. The maximum Gasteiger partial charge on any atom is 0.163 e. The Morgan fingerprint density at radius 1 is 1.08 bits per heavy atom. The predicted octanol–water partition coefficient (Wildman–Crippen LogP) is 5.73. The van der Waals surface area contributed by atoms with Gasteiger partial charge in [0.05, 0.1) is 16.3 Å². The van der Waals surface area contributed by atoms with Crippen LogP contribution in [0, 0.1) is 13.8 Å². The highest BCUT2D eigenvalue weighted by Gasteiger charge is 2.21. The summed E-state index contributed by atoms with van der Waals surface area (Å²) in [6.45, 7) is 11.5. The van der Waals surface area contributed by atoms with E-state index in [4.69, 9.17) is 0 Å². The number of nitrogens with one attached hydrogen (secondary N) is 1. The number of hydrogen-bond donors (Lipinski definition) is 1. The fraction of sp³-hybridized carbons (Fsp3) is 0.419. The average molecular weight is 531 g/mol. The number of pyridine rings is 1. The highest BCUT2D eigenvalue weighted by atomic mass is 32.2. The van der Waals surface area contributed by atoms with Gasteiger partial charge in [-0.05, 0) is 86.8 Å². The maximum atomic E-state index is 13.6. The minimum atomic E-state index is -1.05. The van der Waals surface area contributed by atoms with Gasteiger partial charge in [-0.3, -0.25) is 9.00 Å². The van der Waals surface area contributed by atoms with Crippen LogP contribution in [0.4, 0.5) is 0 Å². The van der Waals surface area contributed by atoms with Crippen molar-refractivity contribution < 1.29 is 9.00 Å². The molecule has 4 aromatic rings. The SMILES string of the molecule is CCS(=O)c1cccc(-c2cc(C(=O)CCCCN3CCN(C)CC3)c(C)c3[nH]c4ncc(C)cc4c23)c1. The second-order valence-electron chi connectivity index (χ2n) is 10.6. The Kier molecular flexibility index (Phi) is 8.07. The number of likely N-dealkylation sites (N-methyl/N-ethyl adjacent to an activating group) is 1. The van der Waals surface area contributed by atoms with E-state index >= 15 is 0 Å². The molecular weight excluding hydrogens is 492 g/mol. The largest absolute Gasteiger partial charge is 0.339 e. The molecule has 6 nitrogen and oxygen atoms in total. The number of unbranched alkanes of at least 4 members (excludes halogenated alkanes) is 1. The van der Waals surface area contributed by atoms with Gasteiger partial charge < -0.3 is 14.8 Å². The lowest BCUT2D eigenvalue weighted by atomic mass is 9.91. The monoisotopic (exact) mass is 530 g/mol. The van der Waals surface area contributed by atoms with Gasteiger partial charge in [-0.15, -0.1) is 0 Å². The molecule has 0 bridgehead atoms. The molecule has 0 spiro atoms. The number of aryl methyl sites for hydroxylation is 2. The first-order valence-corrected chi connectivity index (χ1v) is 15.0. The van der Waals surface area contributed by atoms with Crippen LogP contribution >= 0.6 is 0 Å². The molecule has 1 aliphatic heterocycles. The molecule has 1 atom stereocenters. The smallest absolute Gasteiger partial charge is 0.163 e. The van der Waals surface area contributed by atoms with Crippen LogP contribution in [0.15, 0.2) is 47.5 Å². The minimum Gasteiger partial charge on any atom is -0.339 e. The number of nitrogens with zero attached hydrogens (tertiary/aromatic N) is 3. The molecule has 1 N–H and O–H groups in total. The molecule has 38 heavy (non-hydrogen) atoms. The Morgan fingerprint density at radius 2 is 1.87 bits per heavy atom. The van der Waals surface area contributed by atoms with E-state index in [9.17, 15) is 9.00 Å². The van der Waals surface area contributed by atoms with Gasteiger partial charge in [-0.1, -0.05) is 19.1 Å². The lowest BCUT2D eigenvalue weighted by Crippen LogP contribution is -2.44. The summed E-state index contributed by atoms with van der Waals surface area (Å²) in [6, 6.07) is 12.1. The van der Waals surface area contributed by atoms with Crippen LogP contribution in [0.5, 0.6) is 0 Å². The van der Waals surface area contributed by atoms with Gasteiger partial charge in [-0.25, -0.2) is 4.98 Å². The van der Waals surface area contributed by atoms with Crippen molar-refractivity contribution in [1.29, 1.82) is 0 Å². The molecule has 1 saturated heterocycles. The topological polar surface area (TPSA) is 69.3 Å². The highest BCUT2D eigenvalue weighted by molar-refractivity contribution is 7.85. The van der Waals surface area contributed by atoms with E-state index in [-0.39, 0.29) is 5.78 Å². The van der Waals surface area contributed by atoms with Crippen molar-refractivity contribution in [3.8, 4) is 11.1 Å². The molecule has 3 heterocycles. The number of ketones is 1. The number of aromatic amines is 1. The molecule has 0 radical (unpaired) electrons. The van der Waals surface area contributed by atoms with Gasteiger partial charge in [0.15, 0.2) is 5.78 Å². The van der Waals surface area contributed by atoms with Crippen molar-refractivity contribution in [2.24, 2.45) is 0 Å². The number of piperazine rings is 1. The summed E-state index contributed by atoms with van der Waals surface area (Å²) >= 11 is 0. The number of aromatic nitrogens is 2. The molecule has 5 rings (SSSR count). The second-order valence-corrected chi connectivity index (χ2v) is 12.3. The van der Waals surface area contributed by atoms with Crippen LogP contribution in [0.2, 0.25) is 0 Å². The molecule has 0 amide bonds. The zero-order chi connectivity index (χ0) is 26.8. The van der Waals surface area contributed by atoms with Crippen molar-refractivity contribution >= 4 is 38.5 Å². The third kappa shape index (κ3) is 5.46. The summed E-state index contributed by atoms with van der Waals surface area (Å²) in [7, 11) is 1.12. The standard InChI is InChI=1S/C31H38N4O2S/c1-5-38(37)24-10-8-9-23(18-24)26-19-25(28(36)11-6-7-12-35-15-13-34(4)14-16-35)22(3)30-29(26)27-17-21(2)20-32-31(27)33-30/h8-10,17-20H,5-7,11-16H2,1-4H3,(H,32,33). The number of rotatable bonds is 9. The van der Waals surface area contributed by atoms with Crippen LogP contribution < -0.4 is 0 Å². The van der Waals surface area contributed by atoms with Crippen molar-refractivity contribution in [2.45, 2.75) is 44.9 Å². The Bertz CT molecular complexity index is 1500. The van der Waals surface area contributed by atoms with Crippen molar-refractivity contribution in [3.63, 3.8) is 0 Å². The number of Topliss-reactive ketones (excluding diaryl/α,β-unsaturated/α-hetero) is 1. The Balaban J connectivity index is 1.49. The molecule has 2 aromatic heterocycles. The molecule has 1 aliphatic rings. The third-order valence-corrected chi connectivity index (χ3v) is 9.12. The lowest BCUT2D eigenvalue weighted by molar-refractivity contribution is 0.0975. The van der Waals surface area contributed by atoms with Gasteiger partial charge in [0.2, 0.25) is 0 Å². The predicted molar refractivity (Wildman–Crippen MR) is 158 cm³/mol. The number of hydrogen-bond acceptors (Lipinski definition) is 5. The van der Waals surface area contributed by atoms with Gasteiger partial charge >= 0.3 is 0 Å². The Labute approximate surface area is 227 Å². The number of H-pyrrole nitrogens is 1. The number of carbonyl (C=O) groups excluding carboxylic acids is 1. The highest BCUT2D eigenvalue weighted by Crippen LogP contribution is 2.38. The number of carbonyl (C=O) groups is 1. The molecule has 200 valence electrons. The first-order chi connectivity index (χ1) is 18.4. The molecule has 0 saturated carbocycles. The first kappa shape index (κ1) is 26.7. The van der Waals surface area contributed by atoms with E-state index in [1.165, 1.54) is 0 Å². The van der Waals surface area contributed by atoms with Gasteiger partial charge in [0.25, 0.3) is 0 Å². The van der Waals surface area contributed by atoms with Crippen LogP contribution in [0.25, 0.3) is 33.1 Å². The van der Waals surface area contributed by atoms with Crippen molar-refractivity contribution in [2.75, 3.05) is 45.5 Å². The summed E-state index contributed by atoms with van der Waals surface area (Å²) in [4.78, 5) is 27.4. The fourth-order valence-electron chi connectivity index (χ4n) is 5.51. The Morgan fingerprint density at radius 3 is 2.63 bits per heavy atom. The van der Waals surface area contributed by atoms with Crippen molar-refractivity contribution in [3.05, 3.63) is 59.3 Å². The average Bonchev–Trinajstić information content (AvgIpc) is 3.31. The van der Waals surface area contributed by atoms with E-state index in [1.807, 2.05) is 51.2 Å². The summed E-state index contributed by atoms with van der Waals surface area (Å²) in [5.74, 6) is 0.751. The molecular formula is C31H38N4O2S.